The monoisotopic (exact) mass is 242 g/mol. The van der Waals surface area contributed by atoms with E-state index in [1.165, 1.54) is 7.05 Å². The van der Waals surface area contributed by atoms with Gasteiger partial charge in [-0.2, -0.15) is 0 Å². The summed E-state index contributed by atoms with van der Waals surface area (Å²) in [6, 6.07) is 0. The molecule has 1 amide bonds. The lowest BCUT2D eigenvalue weighted by atomic mass is 10.4. The lowest BCUT2D eigenvalue weighted by Crippen LogP contribution is -2.36. The summed E-state index contributed by atoms with van der Waals surface area (Å²) in [5.74, 6) is 0.104. The quantitative estimate of drug-likeness (QED) is 0.474. The van der Waals surface area contributed by atoms with E-state index < -0.39 is 10.0 Å². The first-order valence-electron chi connectivity index (χ1n) is 4.25. The maximum Gasteiger partial charge on any atom is 0.234 e. The zero-order chi connectivity index (χ0) is 11.0. The van der Waals surface area contributed by atoms with Gasteiger partial charge in [-0.1, -0.05) is 0 Å². The third-order valence-corrected chi connectivity index (χ3v) is 3.21. The lowest BCUT2D eigenvalue weighted by molar-refractivity contribution is -0.119. The normalized spacial score (nSPS) is 11.3. The van der Waals surface area contributed by atoms with Crippen LogP contribution in [0.5, 0.6) is 0 Å². The number of carbonyl (C=O) groups is 1. The molecule has 7 heteroatoms. The van der Waals surface area contributed by atoms with Gasteiger partial charge in [-0.25, -0.2) is 13.1 Å². The molecule has 0 saturated carbocycles. The number of hydrogen-bond acceptors (Lipinski definition) is 3. The summed E-state index contributed by atoms with van der Waals surface area (Å²) >= 11 is 5.40. The second-order valence-corrected chi connectivity index (χ2v) is 5.01. The summed E-state index contributed by atoms with van der Waals surface area (Å²) in [6.07, 6.45) is 1.16. The van der Waals surface area contributed by atoms with Crippen LogP contribution in [-0.2, 0) is 14.8 Å². The molecule has 0 bridgehead atoms. The van der Waals surface area contributed by atoms with Gasteiger partial charge in [0, 0.05) is 12.9 Å². The highest BCUT2D eigenvalue weighted by Crippen LogP contribution is 1.95. The van der Waals surface area contributed by atoms with Crippen molar-refractivity contribution in [1.29, 1.82) is 0 Å². The highest BCUT2D eigenvalue weighted by molar-refractivity contribution is 7.89. The number of halogens is 1. The Morgan fingerprint density at radius 1 is 1.36 bits per heavy atom. The van der Waals surface area contributed by atoms with Crippen molar-refractivity contribution >= 4 is 27.5 Å². The highest BCUT2D eigenvalue weighted by atomic mass is 35.5. The molecule has 0 heterocycles. The molecule has 0 aliphatic carbocycles. The predicted molar refractivity (Wildman–Crippen MR) is 55.8 cm³/mol. The Morgan fingerprint density at radius 2 is 2.00 bits per heavy atom. The van der Waals surface area contributed by atoms with Gasteiger partial charge in [0.15, 0.2) is 0 Å². The first-order chi connectivity index (χ1) is 6.52. The Balaban J connectivity index is 3.78. The molecule has 14 heavy (non-hydrogen) atoms. The van der Waals surface area contributed by atoms with Crippen LogP contribution in [-0.4, -0.2) is 39.6 Å². The fraction of sp³-hybridized carbons (Fsp3) is 0.857. The van der Waals surface area contributed by atoms with E-state index in [0.29, 0.717) is 18.7 Å². The minimum absolute atomic E-state index is 0.0106. The predicted octanol–water partition coefficient (Wildman–Crippen LogP) is -0.329. The average Bonchev–Trinajstić information content (AvgIpc) is 2.14. The number of amides is 1. The zero-order valence-corrected chi connectivity index (χ0v) is 9.62. The van der Waals surface area contributed by atoms with Crippen LogP contribution in [0.15, 0.2) is 0 Å². The van der Waals surface area contributed by atoms with Crippen molar-refractivity contribution in [2.24, 2.45) is 0 Å². The standard InChI is InChI=1S/C7H15ClN2O3S/c1-9-7(11)6-10-14(12,13)5-3-2-4-8/h10H,2-6H2,1H3,(H,9,11). The fourth-order valence-electron chi connectivity index (χ4n) is 0.723. The summed E-state index contributed by atoms with van der Waals surface area (Å²) in [5.41, 5.74) is 0. The molecule has 0 fully saturated rings. The summed E-state index contributed by atoms with van der Waals surface area (Å²) in [4.78, 5) is 10.7. The largest absolute Gasteiger partial charge is 0.358 e. The van der Waals surface area contributed by atoms with Crippen LogP contribution in [0.25, 0.3) is 0 Å². The summed E-state index contributed by atoms with van der Waals surface area (Å²) < 4.78 is 24.6. The molecule has 2 N–H and O–H groups in total. The maximum absolute atomic E-state index is 11.2. The summed E-state index contributed by atoms with van der Waals surface area (Å²) in [7, 11) is -1.88. The smallest absolute Gasteiger partial charge is 0.234 e. The first kappa shape index (κ1) is 13.7. The maximum atomic E-state index is 11.2. The Hall–Kier alpha value is -0.330. The molecule has 5 nitrogen and oxygen atoms in total. The summed E-state index contributed by atoms with van der Waals surface area (Å²) in [6.45, 7) is -0.209. The summed E-state index contributed by atoms with van der Waals surface area (Å²) in [5, 5.41) is 2.32. The molecule has 0 aliphatic heterocycles. The van der Waals surface area contributed by atoms with Gasteiger partial charge < -0.3 is 5.32 Å². The van der Waals surface area contributed by atoms with Crippen LogP contribution >= 0.6 is 11.6 Å². The van der Waals surface area contributed by atoms with Crippen molar-refractivity contribution in [1.82, 2.24) is 10.0 Å². The molecular formula is C7H15ClN2O3S. The number of hydrogen-bond donors (Lipinski definition) is 2. The molecule has 84 valence electrons. The van der Waals surface area contributed by atoms with Gasteiger partial charge in [0.2, 0.25) is 15.9 Å². The Morgan fingerprint density at radius 3 is 2.50 bits per heavy atom. The second kappa shape index (κ2) is 7.03. The van der Waals surface area contributed by atoms with E-state index in [0.717, 1.165) is 0 Å². The minimum atomic E-state index is -3.33. The number of likely N-dealkylation sites (N-methyl/N-ethyl adjacent to an activating group) is 1. The highest BCUT2D eigenvalue weighted by Gasteiger charge is 2.10. The van der Waals surface area contributed by atoms with Crippen molar-refractivity contribution in [3.8, 4) is 0 Å². The van der Waals surface area contributed by atoms with E-state index in [9.17, 15) is 13.2 Å². The third-order valence-electron chi connectivity index (χ3n) is 1.53. The van der Waals surface area contributed by atoms with E-state index in [4.69, 9.17) is 11.6 Å². The van der Waals surface area contributed by atoms with Gasteiger partial charge >= 0.3 is 0 Å². The second-order valence-electron chi connectivity index (χ2n) is 2.71. The topological polar surface area (TPSA) is 75.3 Å². The molecule has 0 spiro atoms. The average molecular weight is 243 g/mol. The number of alkyl halides is 1. The zero-order valence-electron chi connectivity index (χ0n) is 8.05. The molecule has 0 rings (SSSR count). The first-order valence-corrected chi connectivity index (χ1v) is 6.44. The lowest BCUT2D eigenvalue weighted by Gasteiger charge is -2.04. The Labute approximate surface area is 89.3 Å². The Kier molecular flexibility index (Phi) is 6.86. The van der Waals surface area contributed by atoms with Crippen LogP contribution in [0.1, 0.15) is 12.8 Å². The van der Waals surface area contributed by atoms with Crippen molar-refractivity contribution < 1.29 is 13.2 Å². The number of carbonyl (C=O) groups excluding carboxylic acids is 1. The van der Waals surface area contributed by atoms with E-state index in [-0.39, 0.29) is 18.2 Å². The molecule has 0 aromatic heterocycles. The number of sulfonamides is 1. The minimum Gasteiger partial charge on any atom is -0.358 e. The van der Waals surface area contributed by atoms with Crippen molar-refractivity contribution in [3.05, 3.63) is 0 Å². The number of rotatable bonds is 7. The number of nitrogens with one attached hydrogen (secondary N) is 2. The molecule has 0 unspecified atom stereocenters. The fourth-order valence-corrected chi connectivity index (χ4v) is 1.99. The van der Waals surface area contributed by atoms with Crippen LogP contribution < -0.4 is 10.0 Å². The van der Waals surface area contributed by atoms with Gasteiger partial charge in [-0.15, -0.1) is 11.6 Å². The number of unbranched alkanes of at least 4 members (excludes halogenated alkanes) is 1. The van der Waals surface area contributed by atoms with Crippen LogP contribution in [0.4, 0.5) is 0 Å². The van der Waals surface area contributed by atoms with Crippen LogP contribution in [0, 0.1) is 0 Å². The molecular weight excluding hydrogens is 228 g/mol. The van der Waals surface area contributed by atoms with Gasteiger partial charge in [-0.3, -0.25) is 4.79 Å². The van der Waals surface area contributed by atoms with Crippen molar-refractivity contribution in [2.75, 3.05) is 25.2 Å². The van der Waals surface area contributed by atoms with E-state index in [1.807, 2.05) is 0 Å². The molecule has 0 radical (unpaired) electrons. The molecule has 0 aromatic carbocycles. The van der Waals surface area contributed by atoms with Crippen LogP contribution in [0.3, 0.4) is 0 Å². The molecule has 0 aliphatic rings. The van der Waals surface area contributed by atoms with Crippen LogP contribution in [0.2, 0.25) is 0 Å². The van der Waals surface area contributed by atoms with E-state index in [2.05, 4.69) is 10.0 Å². The van der Waals surface area contributed by atoms with Crippen molar-refractivity contribution in [2.45, 2.75) is 12.8 Å². The van der Waals surface area contributed by atoms with Gasteiger partial charge in [0.05, 0.1) is 12.3 Å². The molecule has 0 aromatic rings. The molecule has 0 saturated heterocycles. The molecule has 0 atom stereocenters. The van der Waals surface area contributed by atoms with E-state index >= 15 is 0 Å². The van der Waals surface area contributed by atoms with E-state index in [1.54, 1.807) is 0 Å². The van der Waals surface area contributed by atoms with Crippen molar-refractivity contribution in [3.63, 3.8) is 0 Å². The van der Waals surface area contributed by atoms with Gasteiger partial charge in [-0.05, 0) is 12.8 Å². The van der Waals surface area contributed by atoms with Gasteiger partial charge in [0.25, 0.3) is 0 Å². The third kappa shape index (κ3) is 7.11. The Bertz CT molecular complexity index is 266. The SMILES string of the molecule is CNC(=O)CNS(=O)(=O)CCCCCl. The van der Waals surface area contributed by atoms with Gasteiger partial charge in [0.1, 0.15) is 0 Å².